The van der Waals surface area contributed by atoms with Crippen LogP contribution in [0.2, 0.25) is 5.02 Å². The first kappa shape index (κ1) is 17.8. The summed E-state index contributed by atoms with van der Waals surface area (Å²) >= 11 is 5.91. The van der Waals surface area contributed by atoms with Gasteiger partial charge >= 0.3 is 0 Å². The average molecular weight is 387 g/mol. The van der Waals surface area contributed by atoms with Gasteiger partial charge in [0.15, 0.2) is 0 Å². The molecule has 0 aliphatic carbocycles. The molecular weight excluding hydrogens is 368 g/mol. The highest BCUT2D eigenvalue weighted by Gasteiger charge is 2.18. The fraction of sp³-hybridized carbons (Fsp3) is 0.316. The highest BCUT2D eigenvalue weighted by atomic mass is 35.5. The second kappa shape index (κ2) is 7.94. The molecule has 4 rings (SSSR count). The minimum absolute atomic E-state index is 0.0830. The van der Waals surface area contributed by atoms with Gasteiger partial charge in [-0.1, -0.05) is 16.8 Å². The van der Waals surface area contributed by atoms with E-state index >= 15 is 0 Å². The predicted molar refractivity (Wildman–Crippen MR) is 100 cm³/mol. The van der Waals surface area contributed by atoms with Gasteiger partial charge in [-0.3, -0.25) is 4.79 Å². The number of halogens is 1. The summed E-state index contributed by atoms with van der Waals surface area (Å²) in [6.07, 6.45) is 3.98. The van der Waals surface area contributed by atoms with Crippen LogP contribution in [0.4, 0.5) is 0 Å². The number of amides is 1. The number of ether oxygens (including phenoxy) is 1. The molecule has 1 aromatic carbocycles. The summed E-state index contributed by atoms with van der Waals surface area (Å²) in [5.74, 6) is 0.745. The molecule has 140 valence electrons. The van der Waals surface area contributed by atoms with Crippen molar-refractivity contribution < 1.29 is 14.1 Å². The topological polar surface area (TPSA) is 82.2 Å². The molecular formula is C19H19ClN4O3. The number of aromatic nitrogens is 3. The monoisotopic (exact) mass is 386 g/mol. The first-order valence-electron chi connectivity index (χ1n) is 8.82. The minimum Gasteiger partial charge on any atom is -0.376 e. The van der Waals surface area contributed by atoms with Gasteiger partial charge in [0.05, 0.1) is 6.10 Å². The maximum Gasteiger partial charge on any atom is 0.274 e. The Morgan fingerprint density at radius 3 is 2.93 bits per heavy atom. The molecule has 3 aromatic rings. The van der Waals surface area contributed by atoms with Crippen molar-refractivity contribution in [3.63, 3.8) is 0 Å². The van der Waals surface area contributed by atoms with Crippen molar-refractivity contribution in [2.45, 2.75) is 25.5 Å². The molecule has 1 N–H and O–H groups in total. The number of rotatable bonds is 6. The van der Waals surface area contributed by atoms with Crippen molar-refractivity contribution >= 4 is 17.5 Å². The third-order valence-corrected chi connectivity index (χ3v) is 4.69. The SMILES string of the molecule is O=C(Cn1cccc1-c1nc(-c2ccc(Cl)cc2)no1)NCC1CCCO1. The number of nitrogens with one attached hydrogen (secondary N) is 1. The molecule has 7 nitrogen and oxygen atoms in total. The lowest BCUT2D eigenvalue weighted by Gasteiger charge is -2.11. The maximum absolute atomic E-state index is 12.2. The van der Waals surface area contributed by atoms with Gasteiger partial charge in [-0.05, 0) is 49.2 Å². The quantitative estimate of drug-likeness (QED) is 0.703. The van der Waals surface area contributed by atoms with Gasteiger partial charge in [0.2, 0.25) is 11.7 Å². The number of carbonyl (C=O) groups excluding carboxylic acids is 1. The van der Waals surface area contributed by atoms with Crippen molar-refractivity contribution in [1.82, 2.24) is 20.0 Å². The Hall–Kier alpha value is -2.64. The van der Waals surface area contributed by atoms with E-state index in [-0.39, 0.29) is 18.6 Å². The van der Waals surface area contributed by atoms with E-state index in [0.717, 1.165) is 25.0 Å². The van der Waals surface area contributed by atoms with Crippen LogP contribution in [0.3, 0.4) is 0 Å². The molecule has 8 heteroatoms. The number of carbonyl (C=O) groups is 1. The molecule has 1 aliphatic rings. The largest absolute Gasteiger partial charge is 0.376 e. The fourth-order valence-corrected chi connectivity index (χ4v) is 3.16. The summed E-state index contributed by atoms with van der Waals surface area (Å²) in [7, 11) is 0. The van der Waals surface area contributed by atoms with E-state index in [1.807, 2.05) is 30.5 Å². The second-order valence-corrected chi connectivity index (χ2v) is 6.83. The predicted octanol–water partition coefficient (Wildman–Crippen LogP) is 3.15. The van der Waals surface area contributed by atoms with Crippen molar-refractivity contribution in [3.8, 4) is 23.0 Å². The van der Waals surface area contributed by atoms with Crippen LogP contribution >= 0.6 is 11.6 Å². The molecule has 0 spiro atoms. The summed E-state index contributed by atoms with van der Waals surface area (Å²) in [6.45, 7) is 1.49. The van der Waals surface area contributed by atoms with Crippen molar-refractivity contribution in [3.05, 3.63) is 47.6 Å². The van der Waals surface area contributed by atoms with Crippen LogP contribution in [0.15, 0.2) is 47.1 Å². The van der Waals surface area contributed by atoms with Gasteiger partial charge in [-0.15, -0.1) is 0 Å². The van der Waals surface area contributed by atoms with Crippen LogP contribution in [-0.4, -0.2) is 39.9 Å². The number of hydrogen-bond donors (Lipinski definition) is 1. The molecule has 0 saturated carbocycles. The van der Waals surface area contributed by atoms with E-state index < -0.39 is 0 Å². The van der Waals surface area contributed by atoms with E-state index in [9.17, 15) is 4.79 Å². The fourth-order valence-electron chi connectivity index (χ4n) is 3.03. The number of hydrogen-bond acceptors (Lipinski definition) is 5. The Bertz CT molecular complexity index is 913. The van der Waals surface area contributed by atoms with Crippen LogP contribution in [0.25, 0.3) is 23.0 Å². The van der Waals surface area contributed by atoms with E-state index in [0.29, 0.717) is 29.0 Å². The van der Waals surface area contributed by atoms with E-state index in [4.69, 9.17) is 20.9 Å². The molecule has 3 heterocycles. The summed E-state index contributed by atoms with van der Waals surface area (Å²) in [5.41, 5.74) is 1.50. The Morgan fingerprint density at radius 2 is 2.15 bits per heavy atom. The third kappa shape index (κ3) is 4.20. The molecule has 1 atom stereocenters. The highest BCUT2D eigenvalue weighted by molar-refractivity contribution is 6.30. The minimum atomic E-state index is -0.0830. The van der Waals surface area contributed by atoms with Gasteiger partial charge in [0.1, 0.15) is 12.2 Å². The molecule has 1 unspecified atom stereocenters. The summed E-state index contributed by atoms with van der Waals surface area (Å²) < 4.78 is 12.7. The summed E-state index contributed by atoms with van der Waals surface area (Å²) in [6, 6.07) is 10.9. The molecule has 0 radical (unpaired) electrons. The Balaban J connectivity index is 1.44. The van der Waals surface area contributed by atoms with Crippen LogP contribution in [0, 0.1) is 0 Å². The van der Waals surface area contributed by atoms with Crippen LogP contribution in [-0.2, 0) is 16.1 Å². The molecule has 1 aliphatic heterocycles. The second-order valence-electron chi connectivity index (χ2n) is 6.39. The smallest absolute Gasteiger partial charge is 0.274 e. The Kier molecular flexibility index (Phi) is 5.22. The highest BCUT2D eigenvalue weighted by Crippen LogP contribution is 2.23. The standard InChI is InChI=1S/C19H19ClN4O3/c20-14-7-5-13(6-8-14)18-22-19(27-23-18)16-4-1-9-24(16)12-17(25)21-11-15-3-2-10-26-15/h1,4-9,15H,2-3,10-12H2,(H,21,25). The van der Waals surface area contributed by atoms with Gasteiger partial charge in [0.25, 0.3) is 5.89 Å². The number of nitrogens with zero attached hydrogens (tertiary/aromatic N) is 3. The molecule has 27 heavy (non-hydrogen) atoms. The normalized spacial score (nSPS) is 16.6. The molecule has 1 saturated heterocycles. The van der Waals surface area contributed by atoms with E-state index in [2.05, 4.69) is 15.5 Å². The molecule has 2 aromatic heterocycles. The van der Waals surface area contributed by atoms with Crippen molar-refractivity contribution in [1.29, 1.82) is 0 Å². The van der Waals surface area contributed by atoms with Crippen molar-refractivity contribution in [2.24, 2.45) is 0 Å². The number of benzene rings is 1. The molecule has 0 bridgehead atoms. The van der Waals surface area contributed by atoms with Crippen molar-refractivity contribution in [2.75, 3.05) is 13.2 Å². The maximum atomic E-state index is 12.2. The van der Waals surface area contributed by atoms with Gasteiger partial charge < -0.3 is 19.1 Å². The van der Waals surface area contributed by atoms with Crippen LogP contribution in [0.5, 0.6) is 0 Å². The molecule has 1 amide bonds. The lowest BCUT2D eigenvalue weighted by Crippen LogP contribution is -2.34. The van der Waals surface area contributed by atoms with Gasteiger partial charge in [0, 0.05) is 29.9 Å². The zero-order chi connectivity index (χ0) is 18.6. The zero-order valence-electron chi connectivity index (χ0n) is 14.6. The first-order valence-corrected chi connectivity index (χ1v) is 9.20. The summed E-state index contributed by atoms with van der Waals surface area (Å²) in [5, 5.41) is 7.58. The van der Waals surface area contributed by atoms with Crippen LogP contribution < -0.4 is 5.32 Å². The van der Waals surface area contributed by atoms with E-state index in [1.54, 1.807) is 16.7 Å². The average Bonchev–Trinajstić information content (AvgIpc) is 3.42. The Labute approximate surface area is 161 Å². The van der Waals surface area contributed by atoms with Gasteiger partial charge in [-0.2, -0.15) is 4.98 Å². The van der Waals surface area contributed by atoms with E-state index in [1.165, 1.54) is 0 Å². The molecule has 1 fully saturated rings. The lowest BCUT2D eigenvalue weighted by molar-refractivity contribution is -0.122. The zero-order valence-corrected chi connectivity index (χ0v) is 15.4. The third-order valence-electron chi connectivity index (χ3n) is 4.44. The summed E-state index contributed by atoms with van der Waals surface area (Å²) in [4.78, 5) is 16.7. The van der Waals surface area contributed by atoms with Crippen LogP contribution in [0.1, 0.15) is 12.8 Å². The first-order chi connectivity index (χ1) is 13.2. The Morgan fingerprint density at radius 1 is 1.30 bits per heavy atom. The lowest BCUT2D eigenvalue weighted by atomic mass is 10.2. The van der Waals surface area contributed by atoms with Gasteiger partial charge in [-0.25, -0.2) is 0 Å².